The van der Waals surface area contributed by atoms with Crippen LogP contribution < -0.4 is 10.1 Å². The second-order valence-electron chi connectivity index (χ2n) is 4.79. The van der Waals surface area contributed by atoms with Crippen LogP contribution in [-0.4, -0.2) is 19.2 Å². The summed E-state index contributed by atoms with van der Waals surface area (Å²) in [5, 5.41) is 3.55. The maximum Gasteiger partial charge on any atom is 0.119 e. The lowest BCUT2D eigenvalue weighted by Gasteiger charge is -2.17. The molecule has 0 amide bonds. The second-order valence-corrected chi connectivity index (χ2v) is 4.79. The van der Waals surface area contributed by atoms with E-state index in [0.29, 0.717) is 6.04 Å². The lowest BCUT2D eigenvalue weighted by molar-refractivity contribution is 0.307. The molecule has 0 saturated carbocycles. The van der Waals surface area contributed by atoms with Crippen LogP contribution in [0.3, 0.4) is 0 Å². The minimum Gasteiger partial charge on any atom is -0.492 e. The summed E-state index contributed by atoms with van der Waals surface area (Å²) in [5.41, 5.74) is 0. The summed E-state index contributed by atoms with van der Waals surface area (Å²) in [5.74, 6) is 0.951. The molecule has 1 aliphatic rings. The largest absolute Gasteiger partial charge is 0.492 e. The van der Waals surface area contributed by atoms with Crippen molar-refractivity contribution in [3.63, 3.8) is 0 Å². The summed E-state index contributed by atoms with van der Waals surface area (Å²) in [6, 6.07) is 10.5. The normalized spacial score (nSPS) is 21.9. The first-order valence-electron chi connectivity index (χ1n) is 7.03. The summed E-state index contributed by atoms with van der Waals surface area (Å²) >= 11 is 0. The third-order valence-electron chi connectivity index (χ3n) is 3.27. The summed E-state index contributed by atoms with van der Waals surface area (Å²) in [6.07, 6.45) is 11.2. The van der Waals surface area contributed by atoms with Crippen molar-refractivity contribution in [1.29, 1.82) is 0 Å². The minimum atomic E-state index is 0.532. The molecule has 0 fully saturated rings. The number of para-hydroxylation sites is 1. The average molecular weight is 245 g/mol. The Bertz CT molecular complexity index is 347. The first-order chi connectivity index (χ1) is 8.95. The summed E-state index contributed by atoms with van der Waals surface area (Å²) in [7, 11) is 0. The van der Waals surface area contributed by atoms with Gasteiger partial charge in [0.25, 0.3) is 0 Å². The van der Waals surface area contributed by atoms with Crippen LogP contribution in [0, 0.1) is 0 Å². The maximum atomic E-state index is 5.67. The van der Waals surface area contributed by atoms with E-state index < -0.39 is 0 Å². The van der Waals surface area contributed by atoms with Gasteiger partial charge in [0, 0.05) is 12.6 Å². The van der Waals surface area contributed by atoms with Crippen LogP contribution in [0.5, 0.6) is 5.75 Å². The SMILES string of the molecule is C1=C/C(NCCOc2ccccc2)CCCCC/1. The first-order valence-corrected chi connectivity index (χ1v) is 7.03. The van der Waals surface area contributed by atoms with Crippen molar-refractivity contribution in [2.75, 3.05) is 13.2 Å². The number of allylic oxidation sites excluding steroid dienone is 1. The molecule has 0 bridgehead atoms. The van der Waals surface area contributed by atoms with E-state index in [2.05, 4.69) is 17.5 Å². The molecule has 1 aromatic rings. The van der Waals surface area contributed by atoms with E-state index in [-0.39, 0.29) is 0 Å². The van der Waals surface area contributed by atoms with Gasteiger partial charge in [-0.05, 0) is 31.4 Å². The van der Waals surface area contributed by atoms with Crippen molar-refractivity contribution in [3.05, 3.63) is 42.5 Å². The highest BCUT2D eigenvalue weighted by molar-refractivity contribution is 5.20. The molecule has 0 radical (unpaired) electrons. The molecular weight excluding hydrogens is 222 g/mol. The Morgan fingerprint density at radius 3 is 2.89 bits per heavy atom. The molecule has 1 aromatic carbocycles. The predicted octanol–water partition coefficient (Wildman–Crippen LogP) is 3.54. The van der Waals surface area contributed by atoms with E-state index in [4.69, 9.17) is 4.74 Å². The molecule has 0 spiro atoms. The molecule has 2 nitrogen and oxygen atoms in total. The highest BCUT2D eigenvalue weighted by atomic mass is 16.5. The van der Waals surface area contributed by atoms with Gasteiger partial charge in [0.15, 0.2) is 0 Å². The number of rotatable bonds is 5. The number of ether oxygens (including phenoxy) is 1. The van der Waals surface area contributed by atoms with Gasteiger partial charge in [0.2, 0.25) is 0 Å². The molecule has 1 unspecified atom stereocenters. The summed E-state index contributed by atoms with van der Waals surface area (Å²) < 4.78 is 5.67. The molecule has 0 heterocycles. The van der Waals surface area contributed by atoms with Gasteiger partial charge in [-0.15, -0.1) is 0 Å². The van der Waals surface area contributed by atoms with Crippen molar-refractivity contribution >= 4 is 0 Å². The Hall–Kier alpha value is -1.28. The third kappa shape index (κ3) is 4.92. The van der Waals surface area contributed by atoms with Crippen molar-refractivity contribution < 1.29 is 4.74 Å². The molecule has 2 rings (SSSR count). The van der Waals surface area contributed by atoms with Gasteiger partial charge in [0.05, 0.1) is 0 Å². The van der Waals surface area contributed by atoms with Crippen LogP contribution >= 0.6 is 0 Å². The van der Waals surface area contributed by atoms with Crippen LogP contribution in [0.4, 0.5) is 0 Å². The molecule has 2 heteroatoms. The number of nitrogens with one attached hydrogen (secondary N) is 1. The van der Waals surface area contributed by atoms with E-state index in [9.17, 15) is 0 Å². The zero-order valence-corrected chi connectivity index (χ0v) is 11.0. The molecule has 1 aliphatic carbocycles. The zero-order valence-electron chi connectivity index (χ0n) is 11.0. The highest BCUT2D eigenvalue weighted by Crippen LogP contribution is 2.11. The van der Waals surface area contributed by atoms with E-state index in [1.807, 2.05) is 30.3 Å². The van der Waals surface area contributed by atoms with Crippen LogP contribution in [0.25, 0.3) is 0 Å². The first kappa shape index (κ1) is 13.2. The van der Waals surface area contributed by atoms with E-state index in [0.717, 1.165) is 18.9 Å². The van der Waals surface area contributed by atoms with Gasteiger partial charge >= 0.3 is 0 Å². The Morgan fingerprint density at radius 1 is 1.11 bits per heavy atom. The van der Waals surface area contributed by atoms with E-state index >= 15 is 0 Å². The third-order valence-corrected chi connectivity index (χ3v) is 3.27. The average Bonchev–Trinajstić information content (AvgIpc) is 2.38. The van der Waals surface area contributed by atoms with Crippen molar-refractivity contribution in [3.8, 4) is 5.75 Å². The minimum absolute atomic E-state index is 0.532. The monoisotopic (exact) mass is 245 g/mol. The van der Waals surface area contributed by atoms with Crippen molar-refractivity contribution in [2.45, 2.75) is 38.1 Å². The molecule has 98 valence electrons. The quantitative estimate of drug-likeness (QED) is 0.633. The standard InChI is InChI=1S/C16H23NO/c1-2-5-9-15(10-6-3-1)17-13-14-18-16-11-7-4-8-12-16/h4-5,7-9,11-12,15,17H,1-3,6,10,13-14H2/b9-5+. The van der Waals surface area contributed by atoms with Crippen molar-refractivity contribution in [2.24, 2.45) is 0 Å². The van der Waals surface area contributed by atoms with Gasteiger partial charge in [-0.3, -0.25) is 0 Å². The Morgan fingerprint density at radius 2 is 2.00 bits per heavy atom. The molecule has 0 aliphatic heterocycles. The molecule has 0 saturated heterocycles. The topological polar surface area (TPSA) is 21.3 Å². The predicted molar refractivity (Wildman–Crippen MR) is 76.0 cm³/mol. The number of hydrogen-bond acceptors (Lipinski definition) is 2. The lowest BCUT2D eigenvalue weighted by atomic mass is 10.0. The highest BCUT2D eigenvalue weighted by Gasteiger charge is 2.05. The molecule has 1 N–H and O–H groups in total. The fourth-order valence-electron chi connectivity index (χ4n) is 2.26. The summed E-state index contributed by atoms with van der Waals surface area (Å²) in [4.78, 5) is 0. The molecule has 0 aromatic heterocycles. The maximum absolute atomic E-state index is 5.67. The Kier molecular flexibility index (Phi) is 5.80. The fourth-order valence-corrected chi connectivity index (χ4v) is 2.26. The molecule has 1 atom stereocenters. The van der Waals surface area contributed by atoms with Gasteiger partial charge in [-0.2, -0.15) is 0 Å². The van der Waals surface area contributed by atoms with Gasteiger partial charge in [-0.25, -0.2) is 0 Å². The fraction of sp³-hybridized carbons (Fsp3) is 0.500. The smallest absolute Gasteiger partial charge is 0.119 e. The molecule has 18 heavy (non-hydrogen) atoms. The van der Waals surface area contributed by atoms with Gasteiger partial charge in [-0.1, -0.05) is 43.2 Å². The van der Waals surface area contributed by atoms with Crippen molar-refractivity contribution in [1.82, 2.24) is 5.32 Å². The second kappa shape index (κ2) is 7.93. The van der Waals surface area contributed by atoms with Gasteiger partial charge in [0.1, 0.15) is 12.4 Å². The van der Waals surface area contributed by atoms with Crippen LogP contribution in [0.2, 0.25) is 0 Å². The van der Waals surface area contributed by atoms with Crippen LogP contribution in [0.15, 0.2) is 42.5 Å². The number of hydrogen-bond donors (Lipinski definition) is 1. The Balaban J connectivity index is 1.64. The van der Waals surface area contributed by atoms with E-state index in [1.165, 1.54) is 32.1 Å². The number of benzene rings is 1. The van der Waals surface area contributed by atoms with Gasteiger partial charge < -0.3 is 10.1 Å². The zero-order chi connectivity index (χ0) is 12.5. The van der Waals surface area contributed by atoms with Crippen LogP contribution in [0.1, 0.15) is 32.1 Å². The van der Waals surface area contributed by atoms with Crippen LogP contribution in [-0.2, 0) is 0 Å². The Labute approximate surface area is 110 Å². The van der Waals surface area contributed by atoms with E-state index in [1.54, 1.807) is 0 Å². The molecular formula is C16H23NO. The lowest BCUT2D eigenvalue weighted by Crippen LogP contribution is -2.31. The summed E-state index contributed by atoms with van der Waals surface area (Å²) in [6.45, 7) is 1.64.